The van der Waals surface area contributed by atoms with Gasteiger partial charge in [0.2, 0.25) is 5.91 Å². The van der Waals surface area contributed by atoms with Crippen molar-refractivity contribution in [1.29, 1.82) is 0 Å². The van der Waals surface area contributed by atoms with Crippen LogP contribution in [0.4, 0.5) is 0 Å². The third-order valence-electron chi connectivity index (χ3n) is 4.31. The first-order valence-electron chi connectivity index (χ1n) is 8.91. The summed E-state index contributed by atoms with van der Waals surface area (Å²) in [6.45, 7) is 1.47. The van der Waals surface area contributed by atoms with Gasteiger partial charge in [-0.15, -0.1) is 0 Å². The second kappa shape index (κ2) is 10.4. The van der Waals surface area contributed by atoms with E-state index in [0.717, 1.165) is 16.7 Å². The highest BCUT2D eigenvalue weighted by Gasteiger charge is 2.35. The number of hydrogen-bond donors (Lipinski definition) is 2. The molecule has 8 nitrogen and oxygen atoms in total. The molecular weight excluding hydrogens is 416 g/mol. The smallest absolute Gasteiger partial charge is 0.329 e. The van der Waals surface area contributed by atoms with Gasteiger partial charge in [-0.2, -0.15) is 12.6 Å². The molecule has 156 valence electrons. The summed E-state index contributed by atoms with van der Waals surface area (Å²) in [5, 5.41) is 1.50. The predicted octanol–water partition coefficient (Wildman–Crippen LogP) is 1.30. The number of imide groups is 1. The fourth-order valence-electron chi connectivity index (χ4n) is 2.91. The van der Waals surface area contributed by atoms with E-state index in [1.165, 1.54) is 14.0 Å². The first-order chi connectivity index (χ1) is 13.8. The third-order valence-corrected chi connectivity index (χ3v) is 5.74. The van der Waals surface area contributed by atoms with Crippen molar-refractivity contribution in [1.82, 2.24) is 10.2 Å². The van der Waals surface area contributed by atoms with Gasteiger partial charge in [-0.3, -0.25) is 24.1 Å². The van der Waals surface area contributed by atoms with Crippen LogP contribution in [0.2, 0.25) is 0 Å². The van der Waals surface area contributed by atoms with Crippen molar-refractivity contribution in [3.05, 3.63) is 35.4 Å². The lowest BCUT2D eigenvalue weighted by molar-refractivity contribution is -0.144. The number of thioether (sulfide) groups is 1. The first kappa shape index (κ1) is 23.0. The van der Waals surface area contributed by atoms with E-state index in [0.29, 0.717) is 17.5 Å². The fourth-order valence-corrected chi connectivity index (χ4v) is 4.01. The molecule has 1 aliphatic rings. The van der Waals surface area contributed by atoms with Gasteiger partial charge in [0.05, 0.1) is 23.5 Å². The Bertz CT molecular complexity index is 794. The van der Waals surface area contributed by atoms with Crippen LogP contribution in [-0.2, 0) is 19.1 Å². The van der Waals surface area contributed by atoms with E-state index in [1.807, 2.05) is 0 Å². The number of esters is 1. The zero-order chi connectivity index (χ0) is 21.6. The molecule has 0 spiro atoms. The number of rotatable bonds is 9. The summed E-state index contributed by atoms with van der Waals surface area (Å²) in [5.74, 6) is -1.83. The van der Waals surface area contributed by atoms with Gasteiger partial charge in [0.15, 0.2) is 5.12 Å². The van der Waals surface area contributed by atoms with Crippen molar-refractivity contribution in [2.75, 3.05) is 19.4 Å². The molecule has 29 heavy (non-hydrogen) atoms. The zero-order valence-electron chi connectivity index (χ0n) is 16.0. The maximum Gasteiger partial charge on any atom is 0.329 e. The molecule has 0 bridgehead atoms. The highest BCUT2D eigenvalue weighted by atomic mass is 32.2. The zero-order valence-corrected chi connectivity index (χ0v) is 17.8. The van der Waals surface area contributed by atoms with Crippen molar-refractivity contribution in [2.24, 2.45) is 0 Å². The van der Waals surface area contributed by atoms with Crippen LogP contribution in [0.1, 0.15) is 40.5 Å². The van der Waals surface area contributed by atoms with Gasteiger partial charge >= 0.3 is 5.97 Å². The maximum atomic E-state index is 12.5. The standard InChI is InChI=1S/C19H22N2O6S2/c1-11(22)29-15(16(23)20-14(10-28)19(26)27-2)8-5-9-21-17(24)12-6-3-4-7-13(12)18(21)25/h3-4,6-7,14-15,28H,5,8-10H2,1-2H3,(H,20,23)/t14-,15+/m1/s1. The summed E-state index contributed by atoms with van der Waals surface area (Å²) >= 11 is 4.86. The fraction of sp³-hybridized carbons (Fsp3) is 0.421. The van der Waals surface area contributed by atoms with E-state index in [2.05, 4.69) is 22.7 Å². The van der Waals surface area contributed by atoms with Crippen LogP contribution in [0.25, 0.3) is 0 Å². The average Bonchev–Trinajstić information content (AvgIpc) is 2.95. The Kier molecular flexibility index (Phi) is 8.27. The lowest BCUT2D eigenvalue weighted by Gasteiger charge is -2.20. The van der Waals surface area contributed by atoms with E-state index in [1.54, 1.807) is 24.3 Å². The summed E-state index contributed by atoms with van der Waals surface area (Å²) in [7, 11) is 1.20. The number of carbonyl (C=O) groups is 5. The Morgan fingerprint density at radius 1 is 1.17 bits per heavy atom. The van der Waals surface area contributed by atoms with E-state index >= 15 is 0 Å². The first-order valence-corrected chi connectivity index (χ1v) is 10.4. The predicted molar refractivity (Wildman–Crippen MR) is 111 cm³/mol. The monoisotopic (exact) mass is 438 g/mol. The molecule has 0 aliphatic carbocycles. The lowest BCUT2D eigenvalue weighted by atomic mass is 10.1. The number of nitrogens with one attached hydrogen (secondary N) is 1. The maximum absolute atomic E-state index is 12.5. The highest BCUT2D eigenvalue weighted by Crippen LogP contribution is 2.24. The van der Waals surface area contributed by atoms with Crippen molar-refractivity contribution < 1.29 is 28.7 Å². The van der Waals surface area contributed by atoms with Crippen molar-refractivity contribution in [3.8, 4) is 0 Å². The van der Waals surface area contributed by atoms with Crippen molar-refractivity contribution in [2.45, 2.75) is 31.1 Å². The van der Waals surface area contributed by atoms with Crippen LogP contribution in [-0.4, -0.2) is 64.4 Å². The summed E-state index contributed by atoms with van der Waals surface area (Å²) in [5.41, 5.74) is 0.721. The van der Waals surface area contributed by atoms with Crippen LogP contribution in [0.5, 0.6) is 0 Å². The number of nitrogens with zero attached hydrogens (tertiary/aromatic N) is 1. The van der Waals surface area contributed by atoms with Crippen LogP contribution in [0.3, 0.4) is 0 Å². The molecule has 1 heterocycles. The topological polar surface area (TPSA) is 110 Å². The van der Waals surface area contributed by atoms with E-state index in [9.17, 15) is 24.0 Å². The molecule has 0 fully saturated rings. The molecule has 2 rings (SSSR count). The Morgan fingerprint density at radius 2 is 1.76 bits per heavy atom. The number of fused-ring (bicyclic) bond motifs is 1. The summed E-state index contributed by atoms with van der Waals surface area (Å²) < 4.78 is 4.61. The Morgan fingerprint density at radius 3 is 2.24 bits per heavy atom. The third kappa shape index (κ3) is 5.60. The van der Waals surface area contributed by atoms with Crippen molar-refractivity contribution >= 4 is 53.2 Å². The summed E-state index contributed by atoms with van der Waals surface area (Å²) in [4.78, 5) is 61.6. The molecule has 10 heteroatoms. The molecule has 0 radical (unpaired) electrons. The molecule has 2 atom stereocenters. The number of carbonyl (C=O) groups excluding carboxylic acids is 5. The molecule has 1 aliphatic heterocycles. The van der Waals surface area contributed by atoms with Crippen LogP contribution < -0.4 is 5.32 Å². The Balaban J connectivity index is 1.98. The summed E-state index contributed by atoms with van der Waals surface area (Å²) in [6, 6.07) is 5.65. The second-order valence-corrected chi connectivity index (χ2v) is 8.06. The Labute approximate surface area is 178 Å². The van der Waals surface area contributed by atoms with Gasteiger partial charge < -0.3 is 10.1 Å². The SMILES string of the molecule is COC(=O)[C@@H](CS)NC(=O)[C@H](CCCN1C(=O)c2ccccc2C1=O)SC(C)=O. The molecule has 0 saturated carbocycles. The van der Waals surface area contributed by atoms with Crippen LogP contribution >= 0.6 is 24.4 Å². The van der Waals surface area contributed by atoms with E-state index in [4.69, 9.17) is 0 Å². The van der Waals surface area contributed by atoms with Gasteiger partial charge in [-0.1, -0.05) is 23.9 Å². The highest BCUT2D eigenvalue weighted by molar-refractivity contribution is 8.14. The molecule has 1 aromatic carbocycles. The van der Waals surface area contributed by atoms with Gasteiger partial charge in [0.1, 0.15) is 6.04 Å². The number of amides is 3. The van der Waals surface area contributed by atoms with Gasteiger partial charge in [0, 0.05) is 19.2 Å². The van der Waals surface area contributed by atoms with E-state index < -0.39 is 23.2 Å². The van der Waals surface area contributed by atoms with Gasteiger partial charge in [0.25, 0.3) is 11.8 Å². The quantitative estimate of drug-likeness (QED) is 0.340. The van der Waals surface area contributed by atoms with Crippen molar-refractivity contribution in [3.63, 3.8) is 0 Å². The van der Waals surface area contributed by atoms with E-state index in [-0.39, 0.29) is 35.6 Å². The molecule has 1 N–H and O–H groups in total. The molecule has 0 unspecified atom stereocenters. The lowest BCUT2D eigenvalue weighted by Crippen LogP contribution is -2.46. The van der Waals surface area contributed by atoms with Gasteiger partial charge in [-0.05, 0) is 25.0 Å². The number of ether oxygens (including phenoxy) is 1. The summed E-state index contributed by atoms with van der Waals surface area (Å²) in [6.07, 6.45) is 0.567. The minimum Gasteiger partial charge on any atom is -0.467 e. The molecule has 0 aromatic heterocycles. The number of benzene rings is 1. The number of hydrogen-bond acceptors (Lipinski definition) is 8. The molecule has 0 saturated heterocycles. The van der Waals surface area contributed by atoms with Crippen LogP contribution in [0, 0.1) is 0 Å². The Hall–Kier alpha value is -2.33. The molecular formula is C19H22N2O6S2. The molecule has 3 amide bonds. The molecule has 1 aromatic rings. The van der Waals surface area contributed by atoms with Gasteiger partial charge in [-0.25, -0.2) is 4.79 Å². The van der Waals surface area contributed by atoms with Crippen LogP contribution in [0.15, 0.2) is 24.3 Å². The minimum atomic E-state index is -0.929. The normalized spacial score (nSPS) is 14.9. The largest absolute Gasteiger partial charge is 0.467 e. The second-order valence-electron chi connectivity index (χ2n) is 6.31. The number of thiol groups is 1. The average molecular weight is 439 g/mol. The minimum absolute atomic E-state index is 0.0465. The number of methoxy groups -OCH3 is 1.